The van der Waals surface area contributed by atoms with Crippen molar-refractivity contribution in [3.8, 4) is 0 Å². The Bertz CT molecular complexity index is 161. The lowest BCUT2D eigenvalue weighted by Gasteiger charge is -2.13. The van der Waals surface area contributed by atoms with Crippen molar-refractivity contribution in [1.82, 2.24) is 0 Å². The second-order valence-electron chi connectivity index (χ2n) is 3.85. The molecule has 0 saturated heterocycles. The Hall–Kier alpha value is -0.140. The van der Waals surface area contributed by atoms with Gasteiger partial charge in [-0.1, -0.05) is 6.92 Å². The summed E-state index contributed by atoms with van der Waals surface area (Å²) in [6.45, 7) is 2.03. The third kappa shape index (κ3) is 0.708. The van der Waals surface area contributed by atoms with Gasteiger partial charge in [-0.25, -0.2) is 8.78 Å². The SMILES string of the molecule is CC[C@]12CC1CC(F)(F)C2. The van der Waals surface area contributed by atoms with Crippen LogP contribution >= 0.6 is 0 Å². The molecule has 2 saturated carbocycles. The predicted molar refractivity (Wildman–Crippen MR) is 35.0 cm³/mol. The molecule has 2 aliphatic carbocycles. The summed E-state index contributed by atoms with van der Waals surface area (Å²) in [5.41, 5.74) is 0.0868. The van der Waals surface area contributed by atoms with Crippen LogP contribution in [0.1, 0.15) is 32.6 Å². The molecule has 2 rings (SSSR count). The fourth-order valence-electron chi connectivity index (χ4n) is 2.44. The van der Waals surface area contributed by atoms with Gasteiger partial charge in [0.2, 0.25) is 5.92 Å². The molecule has 0 N–H and O–H groups in total. The smallest absolute Gasteiger partial charge is 0.207 e. The Balaban J connectivity index is 2.10. The lowest BCUT2D eigenvalue weighted by molar-refractivity contribution is -0.0104. The lowest BCUT2D eigenvalue weighted by Crippen LogP contribution is -2.14. The van der Waals surface area contributed by atoms with Crippen molar-refractivity contribution in [2.45, 2.75) is 38.5 Å². The number of halogens is 2. The molecule has 10 heavy (non-hydrogen) atoms. The first kappa shape index (κ1) is 6.56. The van der Waals surface area contributed by atoms with E-state index in [4.69, 9.17) is 0 Å². The van der Waals surface area contributed by atoms with Gasteiger partial charge in [-0.15, -0.1) is 0 Å². The molecule has 0 aromatic heterocycles. The molecule has 0 aromatic rings. The van der Waals surface area contributed by atoms with Crippen LogP contribution in [-0.4, -0.2) is 5.92 Å². The largest absolute Gasteiger partial charge is 0.249 e. The Kier molecular flexibility index (Phi) is 1.01. The van der Waals surface area contributed by atoms with Gasteiger partial charge in [-0.2, -0.15) is 0 Å². The number of fused-ring (bicyclic) bond motifs is 1. The summed E-state index contributed by atoms with van der Waals surface area (Å²) in [7, 11) is 0. The van der Waals surface area contributed by atoms with E-state index in [0.29, 0.717) is 5.92 Å². The second-order valence-corrected chi connectivity index (χ2v) is 3.85. The average molecular weight is 146 g/mol. The first-order chi connectivity index (χ1) is 4.58. The van der Waals surface area contributed by atoms with Gasteiger partial charge in [-0.05, 0) is 24.2 Å². The van der Waals surface area contributed by atoms with E-state index >= 15 is 0 Å². The molecule has 0 heterocycles. The maximum absolute atomic E-state index is 12.7. The first-order valence-corrected chi connectivity index (χ1v) is 3.96. The zero-order valence-corrected chi connectivity index (χ0v) is 6.16. The van der Waals surface area contributed by atoms with Gasteiger partial charge in [0.1, 0.15) is 0 Å². The molecule has 0 amide bonds. The molecule has 2 fully saturated rings. The van der Waals surface area contributed by atoms with Crippen LogP contribution < -0.4 is 0 Å². The molecule has 0 nitrogen and oxygen atoms in total. The van der Waals surface area contributed by atoms with Crippen molar-refractivity contribution in [2.24, 2.45) is 11.3 Å². The number of rotatable bonds is 1. The van der Waals surface area contributed by atoms with Gasteiger partial charge in [0.25, 0.3) is 0 Å². The summed E-state index contributed by atoms with van der Waals surface area (Å²) in [5.74, 6) is -1.95. The van der Waals surface area contributed by atoms with Crippen LogP contribution in [0.5, 0.6) is 0 Å². The summed E-state index contributed by atoms with van der Waals surface area (Å²) in [6.07, 6.45) is 2.36. The topological polar surface area (TPSA) is 0 Å². The van der Waals surface area contributed by atoms with E-state index in [2.05, 4.69) is 0 Å². The van der Waals surface area contributed by atoms with E-state index in [1.165, 1.54) is 0 Å². The Morgan fingerprint density at radius 3 is 2.40 bits per heavy atom. The number of hydrogen-bond donors (Lipinski definition) is 0. The molecular weight excluding hydrogens is 134 g/mol. The van der Waals surface area contributed by atoms with Crippen LogP contribution in [-0.2, 0) is 0 Å². The van der Waals surface area contributed by atoms with E-state index < -0.39 is 5.92 Å². The molecule has 0 bridgehead atoms. The zero-order valence-electron chi connectivity index (χ0n) is 6.16. The highest BCUT2D eigenvalue weighted by atomic mass is 19.3. The fraction of sp³-hybridized carbons (Fsp3) is 1.00. The molecule has 58 valence electrons. The minimum Gasteiger partial charge on any atom is -0.207 e. The summed E-state index contributed by atoms with van der Waals surface area (Å²) < 4.78 is 25.3. The van der Waals surface area contributed by atoms with Crippen molar-refractivity contribution in [2.75, 3.05) is 0 Å². The molecule has 0 aromatic carbocycles. The molecule has 1 unspecified atom stereocenters. The Labute approximate surface area is 59.6 Å². The van der Waals surface area contributed by atoms with E-state index in [0.717, 1.165) is 12.8 Å². The third-order valence-corrected chi connectivity index (χ3v) is 3.22. The predicted octanol–water partition coefficient (Wildman–Crippen LogP) is 2.83. The van der Waals surface area contributed by atoms with Gasteiger partial charge in [0, 0.05) is 12.8 Å². The van der Waals surface area contributed by atoms with Crippen molar-refractivity contribution in [3.63, 3.8) is 0 Å². The molecule has 0 radical (unpaired) electrons. The van der Waals surface area contributed by atoms with Crippen molar-refractivity contribution < 1.29 is 8.78 Å². The lowest BCUT2D eigenvalue weighted by atomic mass is 10.00. The maximum atomic E-state index is 12.7. The summed E-state index contributed by atoms with van der Waals surface area (Å²) in [5, 5.41) is 0. The molecule has 2 aliphatic rings. The highest BCUT2D eigenvalue weighted by Gasteiger charge is 2.65. The first-order valence-electron chi connectivity index (χ1n) is 3.96. The van der Waals surface area contributed by atoms with Crippen LogP contribution in [0.4, 0.5) is 8.78 Å². The second kappa shape index (κ2) is 1.54. The van der Waals surface area contributed by atoms with Crippen LogP contribution in [0.3, 0.4) is 0 Å². The minimum atomic E-state index is -2.32. The molecule has 0 spiro atoms. The van der Waals surface area contributed by atoms with E-state index in [9.17, 15) is 8.78 Å². The molecule has 2 atom stereocenters. The molecule has 2 heteroatoms. The number of hydrogen-bond acceptors (Lipinski definition) is 0. The van der Waals surface area contributed by atoms with Gasteiger partial charge < -0.3 is 0 Å². The summed E-state index contributed by atoms with van der Waals surface area (Å²) in [6, 6.07) is 0. The molecular formula is C8H12F2. The maximum Gasteiger partial charge on any atom is 0.249 e. The fourth-order valence-corrected chi connectivity index (χ4v) is 2.44. The van der Waals surface area contributed by atoms with Crippen LogP contribution in [0, 0.1) is 11.3 Å². The van der Waals surface area contributed by atoms with E-state index in [1.54, 1.807) is 0 Å². The van der Waals surface area contributed by atoms with Crippen molar-refractivity contribution in [3.05, 3.63) is 0 Å². The Morgan fingerprint density at radius 1 is 1.40 bits per heavy atom. The van der Waals surface area contributed by atoms with Gasteiger partial charge in [-0.3, -0.25) is 0 Å². The van der Waals surface area contributed by atoms with Crippen LogP contribution in [0.15, 0.2) is 0 Å². The van der Waals surface area contributed by atoms with E-state index in [-0.39, 0.29) is 18.3 Å². The molecule has 0 aliphatic heterocycles. The minimum absolute atomic E-state index is 0.0868. The van der Waals surface area contributed by atoms with Gasteiger partial charge >= 0.3 is 0 Å². The van der Waals surface area contributed by atoms with E-state index in [1.807, 2.05) is 6.92 Å². The Morgan fingerprint density at radius 2 is 2.10 bits per heavy atom. The monoisotopic (exact) mass is 146 g/mol. The van der Waals surface area contributed by atoms with Crippen molar-refractivity contribution >= 4 is 0 Å². The van der Waals surface area contributed by atoms with Gasteiger partial charge in [0.15, 0.2) is 0 Å². The third-order valence-electron chi connectivity index (χ3n) is 3.22. The highest BCUT2D eigenvalue weighted by Crippen LogP contribution is 2.69. The highest BCUT2D eigenvalue weighted by molar-refractivity contribution is 5.10. The standard InChI is InChI=1S/C8H12F2/c1-2-7-3-6(7)4-8(9,10)5-7/h6H,2-5H2,1H3/t6?,7-/m1/s1. The quantitative estimate of drug-likeness (QED) is 0.533. The van der Waals surface area contributed by atoms with Crippen LogP contribution in [0.25, 0.3) is 0 Å². The summed E-state index contributed by atoms with van der Waals surface area (Å²) in [4.78, 5) is 0. The normalized spacial score (nSPS) is 48.9. The summed E-state index contributed by atoms with van der Waals surface area (Å²) >= 11 is 0. The van der Waals surface area contributed by atoms with Crippen molar-refractivity contribution in [1.29, 1.82) is 0 Å². The van der Waals surface area contributed by atoms with Gasteiger partial charge in [0.05, 0.1) is 0 Å². The van der Waals surface area contributed by atoms with Crippen LogP contribution in [0.2, 0.25) is 0 Å². The number of alkyl halides is 2. The average Bonchev–Trinajstić information content (AvgIpc) is 2.36. The zero-order chi connectivity index (χ0) is 7.41.